The fraction of sp³-hybridized carbons (Fsp3) is 0.353. The van der Waals surface area contributed by atoms with E-state index in [0.717, 1.165) is 40.6 Å². The maximum absolute atomic E-state index is 13.2. The number of nitrogens with zero attached hydrogens (tertiary/aromatic N) is 4. The van der Waals surface area contributed by atoms with Crippen molar-refractivity contribution in [2.45, 2.75) is 39.0 Å². The van der Waals surface area contributed by atoms with Crippen molar-refractivity contribution in [3.8, 4) is 0 Å². The molecule has 28 heavy (non-hydrogen) atoms. The summed E-state index contributed by atoms with van der Waals surface area (Å²) in [4.78, 5) is 33.6. The molecule has 0 atom stereocenters. The number of anilines is 1. The van der Waals surface area contributed by atoms with Crippen molar-refractivity contribution < 1.29 is 18.4 Å². The van der Waals surface area contributed by atoms with Gasteiger partial charge >= 0.3 is 0 Å². The molecule has 3 N–H and O–H groups in total. The Labute approximate surface area is 161 Å². The predicted molar refractivity (Wildman–Crippen MR) is 97.9 cm³/mol. The number of aromatic nitrogens is 4. The molecule has 2 amide bonds. The van der Waals surface area contributed by atoms with Crippen LogP contribution in [0, 0.1) is 6.92 Å². The van der Waals surface area contributed by atoms with Crippen LogP contribution in [-0.4, -0.2) is 31.4 Å². The molecular weight excluding hydrogens is 390 g/mol. The summed E-state index contributed by atoms with van der Waals surface area (Å²) in [7, 11) is 0. The molecule has 0 bridgehead atoms. The zero-order valence-corrected chi connectivity index (χ0v) is 15.6. The molecule has 0 spiro atoms. The van der Waals surface area contributed by atoms with E-state index < -0.39 is 23.9 Å². The van der Waals surface area contributed by atoms with Crippen LogP contribution in [0.15, 0.2) is 6.07 Å². The van der Waals surface area contributed by atoms with Crippen molar-refractivity contribution in [2.24, 2.45) is 5.73 Å². The van der Waals surface area contributed by atoms with Crippen molar-refractivity contribution in [3.05, 3.63) is 39.3 Å². The lowest BCUT2D eigenvalue weighted by Gasteiger charge is -2.11. The Morgan fingerprint density at radius 1 is 1.29 bits per heavy atom. The van der Waals surface area contributed by atoms with Crippen molar-refractivity contribution in [3.63, 3.8) is 0 Å². The molecule has 0 saturated heterocycles. The molecule has 0 aliphatic heterocycles. The molecule has 3 heterocycles. The van der Waals surface area contributed by atoms with E-state index in [1.807, 2.05) is 0 Å². The van der Waals surface area contributed by atoms with Gasteiger partial charge in [-0.1, -0.05) is 0 Å². The number of nitrogens with two attached hydrogens (primary N) is 1. The summed E-state index contributed by atoms with van der Waals surface area (Å²) in [6.45, 7) is 1.55. The van der Waals surface area contributed by atoms with Gasteiger partial charge in [-0.25, -0.2) is 13.8 Å². The number of halogens is 2. The molecule has 3 aromatic rings. The van der Waals surface area contributed by atoms with Crippen molar-refractivity contribution in [1.29, 1.82) is 0 Å². The molecule has 1 aliphatic carbocycles. The van der Waals surface area contributed by atoms with E-state index in [1.165, 1.54) is 17.4 Å². The van der Waals surface area contributed by atoms with Crippen LogP contribution in [-0.2, 0) is 12.8 Å². The average Bonchev–Trinajstić information content (AvgIpc) is 3.21. The number of amides is 2. The Balaban J connectivity index is 1.71. The van der Waals surface area contributed by atoms with Crippen LogP contribution in [0.1, 0.15) is 62.1 Å². The molecule has 0 unspecified atom stereocenters. The molecule has 0 radical (unpaired) electrons. The summed E-state index contributed by atoms with van der Waals surface area (Å²) in [6, 6.07) is 1.19. The molecular formula is C17H16F2N6O2S. The van der Waals surface area contributed by atoms with Crippen LogP contribution >= 0.6 is 11.3 Å². The number of aryl methyl sites for hydroxylation is 2. The van der Waals surface area contributed by atoms with Gasteiger partial charge in [0.25, 0.3) is 24.0 Å². The second-order valence-electron chi connectivity index (χ2n) is 6.50. The summed E-state index contributed by atoms with van der Waals surface area (Å²) >= 11 is 1.30. The number of alkyl halides is 2. The van der Waals surface area contributed by atoms with Crippen LogP contribution in [0.2, 0.25) is 0 Å². The topological polar surface area (TPSA) is 115 Å². The molecule has 4 rings (SSSR count). The maximum Gasteiger partial charge on any atom is 0.296 e. The van der Waals surface area contributed by atoms with E-state index in [1.54, 1.807) is 6.92 Å². The summed E-state index contributed by atoms with van der Waals surface area (Å²) in [5.41, 5.74) is 6.63. The number of primary amides is 1. The minimum atomic E-state index is -2.80. The van der Waals surface area contributed by atoms with Gasteiger partial charge in [-0.2, -0.15) is 9.50 Å². The molecule has 3 aromatic heterocycles. The highest BCUT2D eigenvalue weighted by atomic mass is 32.1. The van der Waals surface area contributed by atoms with Crippen LogP contribution in [0.4, 0.5) is 13.8 Å². The van der Waals surface area contributed by atoms with E-state index in [-0.39, 0.29) is 11.6 Å². The van der Waals surface area contributed by atoms with Crippen molar-refractivity contribution in [1.82, 2.24) is 19.6 Å². The van der Waals surface area contributed by atoms with Crippen LogP contribution in [0.3, 0.4) is 0 Å². The molecule has 0 fully saturated rings. The summed E-state index contributed by atoms with van der Waals surface area (Å²) in [6.07, 6.45) is 0.714. The minimum absolute atomic E-state index is 0.0963. The highest BCUT2D eigenvalue weighted by Crippen LogP contribution is 2.38. The maximum atomic E-state index is 13.2. The first-order chi connectivity index (χ1) is 13.3. The zero-order valence-electron chi connectivity index (χ0n) is 14.8. The predicted octanol–water partition coefficient (Wildman–Crippen LogP) is 2.66. The number of carbonyl (C=O) groups is 2. The average molecular weight is 406 g/mol. The number of rotatable bonds is 4. The number of nitrogens with one attached hydrogen (secondary N) is 1. The number of hydrogen-bond donors (Lipinski definition) is 2. The SMILES string of the molecule is Cc1cc(C(F)F)n2nc(C(=O)Nc3sc4c(c3C(N)=O)CCCC4)nc2n1. The largest absolute Gasteiger partial charge is 0.365 e. The van der Waals surface area contributed by atoms with Crippen molar-refractivity contribution in [2.75, 3.05) is 5.32 Å². The number of hydrogen-bond acceptors (Lipinski definition) is 6. The summed E-state index contributed by atoms with van der Waals surface area (Å²) in [5, 5.41) is 6.82. The standard InChI is InChI=1S/C17H16F2N6O2S/c1-7-6-9(12(18)19)25-17(21-7)22-14(24-25)15(27)23-16-11(13(20)26)8-4-2-3-5-10(8)28-16/h6,12H,2-5H2,1H3,(H2,20,26)(H,23,27). The second-order valence-corrected chi connectivity index (χ2v) is 7.61. The Morgan fingerprint density at radius 3 is 2.75 bits per heavy atom. The zero-order chi connectivity index (χ0) is 20.0. The van der Waals surface area contributed by atoms with Gasteiger partial charge in [-0.05, 0) is 44.2 Å². The van der Waals surface area contributed by atoms with E-state index in [0.29, 0.717) is 16.3 Å². The third-order valence-electron chi connectivity index (χ3n) is 4.54. The van der Waals surface area contributed by atoms with E-state index in [9.17, 15) is 18.4 Å². The highest BCUT2D eigenvalue weighted by Gasteiger charge is 2.26. The number of carbonyl (C=O) groups excluding carboxylic acids is 2. The fourth-order valence-electron chi connectivity index (χ4n) is 3.34. The molecule has 0 saturated carbocycles. The van der Waals surface area contributed by atoms with E-state index >= 15 is 0 Å². The summed E-state index contributed by atoms with van der Waals surface area (Å²) < 4.78 is 27.3. The smallest absolute Gasteiger partial charge is 0.296 e. The van der Waals surface area contributed by atoms with Crippen molar-refractivity contribution >= 4 is 33.9 Å². The lowest BCUT2D eigenvalue weighted by Crippen LogP contribution is -2.19. The quantitative estimate of drug-likeness (QED) is 0.691. The normalized spacial score (nSPS) is 13.7. The van der Waals surface area contributed by atoms with Crippen LogP contribution in [0.25, 0.3) is 5.78 Å². The Kier molecular flexibility index (Phi) is 4.53. The first-order valence-corrected chi connectivity index (χ1v) is 9.45. The first kappa shape index (κ1) is 18.4. The lowest BCUT2D eigenvalue weighted by atomic mass is 9.95. The highest BCUT2D eigenvalue weighted by molar-refractivity contribution is 7.17. The summed E-state index contributed by atoms with van der Waals surface area (Å²) in [5.74, 6) is -1.75. The first-order valence-electron chi connectivity index (χ1n) is 8.63. The van der Waals surface area contributed by atoms with Gasteiger partial charge in [0, 0.05) is 10.6 Å². The Hall–Kier alpha value is -2.95. The Morgan fingerprint density at radius 2 is 2.04 bits per heavy atom. The monoisotopic (exact) mass is 406 g/mol. The molecule has 11 heteroatoms. The van der Waals surface area contributed by atoms with Gasteiger partial charge in [0.15, 0.2) is 0 Å². The van der Waals surface area contributed by atoms with Gasteiger partial charge in [0.2, 0.25) is 5.82 Å². The van der Waals surface area contributed by atoms with Gasteiger partial charge in [0.1, 0.15) is 10.7 Å². The van der Waals surface area contributed by atoms with E-state index in [4.69, 9.17) is 5.73 Å². The lowest BCUT2D eigenvalue weighted by molar-refractivity contribution is 0.100. The van der Waals surface area contributed by atoms with Crippen LogP contribution in [0.5, 0.6) is 0 Å². The molecule has 8 nitrogen and oxygen atoms in total. The third kappa shape index (κ3) is 3.11. The van der Waals surface area contributed by atoms with Gasteiger partial charge in [-0.3, -0.25) is 9.59 Å². The number of fused-ring (bicyclic) bond motifs is 2. The van der Waals surface area contributed by atoms with Gasteiger partial charge in [-0.15, -0.1) is 16.4 Å². The Bertz CT molecular complexity index is 1110. The molecule has 0 aromatic carbocycles. The molecule has 146 valence electrons. The number of thiophene rings is 1. The molecule has 1 aliphatic rings. The third-order valence-corrected chi connectivity index (χ3v) is 5.75. The second kappa shape index (κ2) is 6.89. The van der Waals surface area contributed by atoms with E-state index in [2.05, 4.69) is 20.4 Å². The fourth-order valence-corrected chi connectivity index (χ4v) is 4.63. The van der Waals surface area contributed by atoms with Gasteiger partial charge < -0.3 is 11.1 Å². The van der Waals surface area contributed by atoms with Crippen LogP contribution < -0.4 is 11.1 Å². The minimum Gasteiger partial charge on any atom is -0.365 e. The van der Waals surface area contributed by atoms with Gasteiger partial charge in [0.05, 0.1) is 5.56 Å².